The summed E-state index contributed by atoms with van der Waals surface area (Å²) < 4.78 is 10.9. The fourth-order valence-electron chi connectivity index (χ4n) is 1.83. The number of hydrogen-bond donors (Lipinski definition) is 2. The van der Waals surface area contributed by atoms with Crippen LogP contribution in [0.3, 0.4) is 0 Å². The molecular weight excluding hydrogens is 312 g/mol. The molecule has 0 saturated heterocycles. The molecule has 0 aliphatic heterocycles. The maximum atomic E-state index is 12.3. The van der Waals surface area contributed by atoms with Crippen LogP contribution < -0.4 is 15.4 Å². The van der Waals surface area contributed by atoms with E-state index in [0.717, 1.165) is 5.76 Å². The van der Waals surface area contributed by atoms with Gasteiger partial charge in [0, 0.05) is 0 Å². The molecule has 6 heteroatoms. The summed E-state index contributed by atoms with van der Waals surface area (Å²) in [5.74, 6) is 1.36. The number of amides is 1. The van der Waals surface area contributed by atoms with Crippen LogP contribution in [0, 0.1) is 5.92 Å². The van der Waals surface area contributed by atoms with Gasteiger partial charge in [-0.1, -0.05) is 26.0 Å². The first kappa shape index (κ1) is 17.0. The fraction of sp³-hybridized carbons (Fsp3) is 0.294. The van der Waals surface area contributed by atoms with Gasteiger partial charge in [-0.2, -0.15) is 0 Å². The molecule has 2 aromatic rings. The van der Waals surface area contributed by atoms with Crippen LogP contribution in [0.1, 0.15) is 30.0 Å². The topological polar surface area (TPSA) is 63.5 Å². The summed E-state index contributed by atoms with van der Waals surface area (Å²) in [6.07, 6.45) is 1.58. The Bertz CT molecular complexity index is 654. The van der Waals surface area contributed by atoms with Gasteiger partial charge in [-0.05, 0) is 42.4 Å². The van der Waals surface area contributed by atoms with Crippen molar-refractivity contribution in [3.63, 3.8) is 0 Å². The third kappa shape index (κ3) is 5.41. The van der Waals surface area contributed by atoms with E-state index in [1.54, 1.807) is 30.5 Å². The smallest absolute Gasteiger partial charge is 0.261 e. The van der Waals surface area contributed by atoms with Crippen LogP contribution >= 0.6 is 12.2 Å². The number of ether oxygens (including phenoxy) is 1. The van der Waals surface area contributed by atoms with Crippen molar-refractivity contribution in [2.24, 2.45) is 5.92 Å². The molecule has 0 spiro atoms. The van der Waals surface area contributed by atoms with E-state index >= 15 is 0 Å². The number of furan rings is 1. The molecule has 0 aliphatic rings. The van der Waals surface area contributed by atoms with Gasteiger partial charge in [0.15, 0.2) is 5.11 Å². The Kier molecular flexibility index (Phi) is 6.17. The van der Waals surface area contributed by atoms with Gasteiger partial charge in [0.2, 0.25) is 0 Å². The normalized spacial score (nSPS) is 10.4. The Hall–Kier alpha value is -2.34. The van der Waals surface area contributed by atoms with Gasteiger partial charge in [-0.3, -0.25) is 10.1 Å². The minimum Gasteiger partial charge on any atom is -0.492 e. The highest BCUT2D eigenvalue weighted by Crippen LogP contribution is 2.18. The average molecular weight is 332 g/mol. The Morgan fingerprint density at radius 1 is 1.26 bits per heavy atom. The third-order valence-electron chi connectivity index (χ3n) is 2.93. The number of rotatable bonds is 6. The summed E-state index contributed by atoms with van der Waals surface area (Å²) in [4.78, 5) is 12.3. The molecule has 0 bridgehead atoms. The maximum absolute atomic E-state index is 12.3. The summed E-state index contributed by atoms with van der Waals surface area (Å²) in [5.41, 5.74) is 0.454. The minimum absolute atomic E-state index is 0.241. The molecule has 2 rings (SSSR count). The largest absolute Gasteiger partial charge is 0.492 e. The number of hydrogen-bond acceptors (Lipinski definition) is 4. The van der Waals surface area contributed by atoms with E-state index in [2.05, 4.69) is 24.5 Å². The molecule has 1 aromatic carbocycles. The van der Waals surface area contributed by atoms with Crippen molar-refractivity contribution in [1.82, 2.24) is 10.6 Å². The van der Waals surface area contributed by atoms with Crippen molar-refractivity contribution in [1.29, 1.82) is 0 Å². The van der Waals surface area contributed by atoms with E-state index in [4.69, 9.17) is 21.4 Å². The van der Waals surface area contributed by atoms with Gasteiger partial charge in [-0.15, -0.1) is 0 Å². The van der Waals surface area contributed by atoms with Crippen LogP contribution in [0.25, 0.3) is 0 Å². The van der Waals surface area contributed by atoms with Crippen molar-refractivity contribution in [2.45, 2.75) is 20.4 Å². The van der Waals surface area contributed by atoms with Crippen LogP contribution in [0.4, 0.5) is 0 Å². The van der Waals surface area contributed by atoms with Crippen LogP contribution in [-0.4, -0.2) is 17.6 Å². The first-order valence-corrected chi connectivity index (χ1v) is 7.80. The quantitative estimate of drug-likeness (QED) is 0.796. The van der Waals surface area contributed by atoms with E-state index in [0.29, 0.717) is 30.4 Å². The molecule has 122 valence electrons. The SMILES string of the molecule is CC(C)COc1ccccc1C(=O)NC(=S)NCc1ccco1. The van der Waals surface area contributed by atoms with E-state index in [9.17, 15) is 4.79 Å². The summed E-state index contributed by atoms with van der Waals surface area (Å²) >= 11 is 5.13. The van der Waals surface area contributed by atoms with E-state index in [1.807, 2.05) is 12.1 Å². The third-order valence-corrected chi connectivity index (χ3v) is 3.18. The lowest BCUT2D eigenvalue weighted by Crippen LogP contribution is -2.39. The molecule has 5 nitrogen and oxygen atoms in total. The zero-order chi connectivity index (χ0) is 16.7. The van der Waals surface area contributed by atoms with Gasteiger partial charge in [0.05, 0.1) is 25.0 Å². The molecule has 1 heterocycles. The van der Waals surface area contributed by atoms with Gasteiger partial charge in [-0.25, -0.2) is 0 Å². The summed E-state index contributed by atoms with van der Waals surface area (Å²) in [5, 5.41) is 5.81. The van der Waals surface area contributed by atoms with E-state index in [1.165, 1.54) is 0 Å². The van der Waals surface area contributed by atoms with Gasteiger partial charge >= 0.3 is 0 Å². The highest BCUT2D eigenvalue weighted by Gasteiger charge is 2.14. The number of thiocarbonyl (C=S) groups is 1. The van der Waals surface area contributed by atoms with Crippen LogP contribution in [0.15, 0.2) is 47.1 Å². The second kappa shape index (κ2) is 8.33. The molecule has 0 fully saturated rings. The summed E-state index contributed by atoms with van der Waals surface area (Å²) in [6.45, 7) is 5.07. The lowest BCUT2D eigenvalue weighted by Gasteiger charge is -2.13. The monoisotopic (exact) mass is 332 g/mol. The molecule has 1 amide bonds. The lowest BCUT2D eigenvalue weighted by molar-refractivity contribution is 0.0971. The average Bonchev–Trinajstić information content (AvgIpc) is 3.04. The van der Waals surface area contributed by atoms with Crippen LogP contribution in [0.2, 0.25) is 0 Å². The van der Waals surface area contributed by atoms with Gasteiger partial charge in [0.25, 0.3) is 5.91 Å². The van der Waals surface area contributed by atoms with Gasteiger partial charge < -0.3 is 14.5 Å². The summed E-state index contributed by atoms with van der Waals surface area (Å²) in [7, 11) is 0. The number of benzene rings is 1. The number of para-hydroxylation sites is 1. The van der Waals surface area contributed by atoms with Crippen molar-refractivity contribution in [2.75, 3.05) is 6.61 Å². The molecule has 0 aliphatic carbocycles. The summed E-state index contributed by atoms with van der Waals surface area (Å²) in [6, 6.07) is 10.7. The Morgan fingerprint density at radius 3 is 2.74 bits per heavy atom. The maximum Gasteiger partial charge on any atom is 0.261 e. The van der Waals surface area contributed by atoms with Crippen molar-refractivity contribution in [3.8, 4) is 5.75 Å². The molecule has 0 unspecified atom stereocenters. The highest BCUT2D eigenvalue weighted by atomic mass is 32.1. The predicted octanol–water partition coefficient (Wildman–Crippen LogP) is 3.12. The minimum atomic E-state index is -0.304. The number of carbonyl (C=O) groups is 1. The zero-order valence-electron chi connectivity index (χ0n) is 13.2. The number of nitrogens with one attached hydrogen (secondary N) is 2. The van der Waals surface area contributed by atoms with Gasteiger partial charge in [0.1, 0.15) is 11.5 Å². The first-order valence-electron chi connectivity index (χ1n) is 7.39. The van der Waals surface area contributed by atoms with Crippen molar-refractivity contribution in [3.05, 3.63) is 54.0 Å². The van der Waals surface area contributed by atoms with Crippen LogP contribution in [0.5, 0.6) is 5.75 Å². The molecule has 0 atom stereocenters. The molecule has 1 aromatic heterocycles. The predicted molar refractivity (Wildman–Crippen MR) is 92.4 cm³/mol. The molecule has 23 heavy (non-hydrogen) atoms. The molecule has 0 saturated carbocycles. The second-order valence-corrected chi connectivity index (χ2v) is 5.83. The fourth-order valence-corrected chi connectivity index (χ4v) is 2.00. The Morgan fingerprint density at radius 2 is 2.04 bits per heavy atom. The number of carbonyl (C=O) groups excluding carboxylic acids is 1. The van der Waals surface area contributed by atoms with Crippen LogP contribution in [-0.2, 0) is 6.54 Å². The van der Waals surface area contributed by atoms with Crippen molar-refractivity contribution >= 4 is 23.2 Å². The zero-order valence-corrected chi connectivity index (χ0v) is 14.0. The van der Waals surface area contributed by atoms with E-state index < -0.39 is 0 Å². The lowest BCUT2D eigenvalue weighted by atomic mass is 10.2. The first-order chi connectivity index (χ1) is 11.1. The van der Waals surface area contributed by atoms with Crippen molar-refractivity contribution < 1.29 is 13.9 Å². The molecule has 0 radical (unpaired) electrons. The highest BCUT2D eigenvalue weighted by molar-refractivity contribution is 7.80. The Labute approximate surface area is 141 Å². The standard InChI is InChI=1S/C17H20N2O3S/c1-12(2)11-22-15-8-4-3-7-14(15)16(20)19-17(23)18-10-13-6-5-9-21-13/h3-9,12H,10-11H2,1-2H3,(H2,18,19,20,23). The second-order valence-electron chi connectivity index (χ2n) is 5.42. The molecular formula is C17H20N2O3S. The molecule has 2 N–H and O–H groups in total. The van der Waals surface area contributed by atoms with E-state index in [-0.39, 0.29) is 11.0 Å². The Balaban J connectivity index is 1.93.